The van der Waals surface area contributed by atoms with Crippen LogP contribution in [0.25, 0.3) is 0 Å². The number of benzene rings is 2. The number of alkyl halides is 6. The molecule has 0 N–H and O–H groups in total. The number of amides is 3. The van der Waals surface area contributed by atoms with Gasteiger partial charge >= 0.3 is 18.4 Å². The van der Waals surface area contributed by atoms with Crippen LogP contribution in [0.3, 0.4) is 0 Å². The molecule has 0 bridgehead atoms. The average molecular weight is 625 g/mol. The largest absolute Gasteiger partial charge is 0.416 e. The van der Waals surface area contributed by atoms with E-state index in [0.717, 1.165) is 37.1 Å². The van der Waals surface area contributed by atoms with Gasteiger partial charge in [-0.05, 0) is 87.6 Å². The lowest BCUT2D eigenvalue weighted by Crippen LogP contribution is -2.58. The van der Waals surface area contributed by atoms with Crippen molar-refractivity contribution in [3.05, 3.63) is 70.3 Å². The summed E-state index contributed by atoms with van der Waals surface area (Å²) in [6.45, 7) is 5.56. The molecule has 6 nitrogen and oxygen atoms in total. The van der Waals surface area contributed by atoms with Gasteiger partial charge in [0.1, 0.15) is 0 Å². The van der Waals surface area contributed by atoms with E-state index in [1.165, 1.54) is 4.90 Å². The molecule has 3 aliphatic heterocycles. The Morgan fingerprint density at radius 1 is 0.955 bits per heavy atom. The fraction of sp³-hybridized carbons (Fsp3) is 0.562. The van der Waals surface area contributed by atoms with Gasteiger partial charge in [0.2, 0.25) is 5.91 Å². The van der Waals surface area contributed by atoms with Crippen LogP contribution in [0.2, 0.25) is 0 Å². The van der Waals surface area contributed by atoms with Crippen LogP contribution in [0, 0.1) is 12.3 Å². The normalized spacial score (nSPS) is 22.4. The maximum atomic E-state index is 14.3. The molecule has 0 radical (unpaired) electrons. The third-order valence-corrected chi connectivity index (χ3v) is 9.48. The molecule has 0 aliphatic carbocycles. The molecule has 240 valence electrons. The molecule has 3 saturated heterocycles. The lowest BCUT2D eigenvalue weighted by Gasteiger charge is -2.46. The highest BCUT2D eigenvalue weighted by Crippen LogP contribution is 2.50. The summed E-state index contributed by atoms with van der Waals surface area (Å²) in [6, 6.07) is 7.82. The molecule has 3 amide bonds. The van der Waals surface area contributed by atoms with E-state index in [1.807, 2.05) is 43.1 Å². The van der Waals surface area contributed by atoms with Gasteiger partial charge in [0.05, 0.1) is 28.6 Å². The van der Waals surface area contributed by atoms with Crippen molar-refractivity contribution in [3.8, 4) is 0 Å². The van der Waals surface area contributed by atoms with Gasteiger partial charge in [-0.15, -0.1) is 0 Å². The topological polar surface area (TPSA) is 47.1 Å². The van der Waals surface area contributed by atoms with Crippen molar-refractivity contribution in [2.45, 2.75) is 70.5 Å². The monoisotopic (exact) mass is 624 g/mol. The number of piperazine rings is 1. The predicted octanol–water partition coefficient (Wildman–Crippen LogP) is 6.73. The first-order chi connectivity index (χ1) is 20.6. The highest BCUT2D eigenvalue weighted by Gasteiger charge is 2.57. The number of rotatable bonds is 5. The molecule has 0 saturated carbocycles. The zero-order valence-electron chi connectivity index (χ0n) is 25.1. The first-order valence-electron chi connectivity index (χ1n) is 15.0. The van der Waals surface area contributed by atoms with E-state index in [4.69, 9.17) is 0 Å². The fourth-order valence-corrected chi connectivity index (χ4v) is 7.16. The number of fused-ring (bicyclic) bond motifs is 1. The van der Waals surface area contributed by atoms with Gasteiger partial charge in [-0.3, -0.25) is 4.79 Å². The summed E-state index contributed by atoms with van der Waals surface area (Å²) in [5.74, 6) is 0.107. The number of nitrogens with zero attached hydrogens (tertiary/aromatic N) is 4. The maximum absolute atomic E-state index is 14.3. The summed E-state index contributed by atoms with van der Waals surface area (Å²) in [6.07, 6.45) is -7.49. The standard InChI is InChI=1S/C32H38F6N4O2/c1-4-11-40(20-22-16-23(31(33,34)35)18-24(17-22)32(36,37)38)29(44)42-15-14-41-26(27(42)25-8-6-5-7-21(25)2)19-30(28(41)43)9-12-39(3)13-10-30/h5-8,16-18,26-27H,4,9-15,19-20H2,1-3H3. The third-order valence-electron chi connectivity index (χ3n) is 9.48. The van der Waals surface area contributed by atoms with Crippen LogP contribution in [0.1, 0.15) is 66.5 Å². The third kappa shape index (κ3) is 6.14. The van der Waals surface area contributed by atoms with Crippen LogP contribution in [-0.4, -0.2) is 77.4 Å². The van der Waals surface area contributed by atoms with Crippen LogP contribution in [0.15, 0.2) is 42.5 Å². The van der Waals surface area contributed by atoms with E-state index in [1.54, 1.807) is 11.8 Å². The Labute approximate surface area is 253 Å². The molecule has 0 aromatic heterocycles. The second-order valence-electron chi connectivity index (χ2n) is 12.5. The van der Waals surface area contributed by atoms with Gasteiger partial charge in [0, 0.05) is 26.2 Å². The predicted molar refractivity (Wildman–Crippen MR) is 152 cm³/mol. The highest BCUT2D eigenvalue weighted by molar-refractivity contribution is 5.86. The first-order valence-corrected chi connectivity index (χ1v) is 15.0. The zero-order valence-corrected chi connectivity index (χ0v) is 25.1. The summed E-state index contributed by atoms with van der Waals surface area (Å²) in [4.78, 5) is 35.3. The molecule has 2 unspecified atom stereocenters. The van der Waals surface area contributed by atoms with Crippen molar-refractivity contribution >= 4 is 11.9 Å². The van der Waals surface area contributed by atoms with Gasteiger partial charge in [0.15, 0.2) is 0 Å². The summed E-state index contributed by atoms with van der Waals surface area (Å²) in [5, 5.41) is 0. The van der Waals surface area contributed by atoms with Crippen molar-refractivity contribution in [2.24, 2.45) is 5.41 Å². The Balaban J connectivity index is 1.51. The van der Waals surface area contributed by atoms with Crippen molar-refractivity contribution in [2.75, 3.05) is 39.8 Å². The molecular formula is C32H38F6N4O2. The second kappa shape index (κ2) is 11.9. The van der Waals surface area contributed by atoms with E-state index in [-0.39, 0.29) is 36.7 Å². The SMILES string of the molecule is CCCN(Cc1cc(C(F)(F)F)cc(C(F)(F)F)c1)C(=O)N1CCN2C(=O)C3(CCN(C)CC3)CC2C1c1ccccc1C. The number of urea groups is 1. The van der Waals surface area contributed by atoms with Gasteiger partial charge in [-0.1, -0.05) is 31.2 Å². The quantitative estimate of drug-likeness (QED) is 0.347. The lowest BCUT2D eigenvalue weighted by molar-refractivity contribution is -0.143. The first kappa shape index (κ1) is 32.1. The van der Waals surface area contributed by atoms with Crippen LogP contribution >= 0.6 is 0 Å². The molecule has 3 heterocycles. The summed E-state index contributed by atoms with van der Waals surface area (Å²) < 4.78 is 81.5. The fourth-order valence-electron chi connectivity index (χ4n) is 7.16. The van der Waals surface area contributed by atoms with Crippen molar-refractivity contribution in [1.29, 1.82) is 0 Å². The number of carbonyl (C=O) groups is 2. The van der Waals surface area contributed by atoms with Gasteiger partial charge in [-0.2, -0.15) is 26.3 Å². The number of carbonyl (C=O) groups excluding carboxylic acids is 2. The Kier molecular flexibility index (Phi) is 8.69. The van der Waals surface area contributed by atoms with Crippen LogP contribution in [0.4, 0.5) is 31.1 Å². The molecule has 2 atom stereocenters. The lowest BCUT2D eigenvalue weighted by atomic mass is 9.75. The zero-order chi connectivity index (χ0) is 32.0. The van der Waals surface area contributed by atoms with E-state index < -0.39 is 47.5 Å². The van der Waals surface area contributed by atoms with Gasteiger partial charge in [-0.25, -0.2) is 4.79 Å². The number of hydrogen-bond donors (Lipinski definition) is 0. The molecule has 5 rings (SSSR count). The smallest absolute Gasteiger partial charge is 0.335 e. The summed E-state index contributed by atoms with van der Waals surface area (Å²) in [5.41, 5.74) is -1.77. The molecular weight excluding hydrogens is 586 g/mol. The molecule has 2 aromatic carbocycles. The van der Waals surface area contributed by atoms with Crippen LogP contribution < -0.4 is 0 Å². The number of likely N-dealkylation sites (tertiary alicyclic amines) is 1. The minimum absolute atomic E-state index is 0.0961. The molecule has 44 heavy (non-hydrogen) atoms. The summed E-state index contributed by atoms with van der Waals surface area (Å²) >= 11 is 0. The molecule has 3 fully saturated rings. The number of aryl methyl sites for hydroxylation is 1. The molecule has 2 aromatic rings. The van der Waals surface area contributed by atoms with Crippen molar-refractivity contribution < 1.29 is 35.9 Å². The van der Waals surface area contributed by atoms with Crippen LogP contribution in [0.5, 0.6) is 0 Å². The van der Waals surface area contributed by atoms with Gasteiger partial charge in [0.25, 0.3) is 0 Å². The van der Waals surface area contributed by atoms with Crippen molar-refractivity contribution in [1.82, 2.24) is 19.6 Å². The molecule has 1 spiro atoms. The van der Waals surface area contributed by atoms with Crippen LogP contribution in [-0.2, 0) is 23.7 Å². The average Bonchev–Trinajstić information content (AvgIpc) is 3.24. The van der Waals surface area contributed by atoms with Gasteiger partial charge < -0.3 is 19.6 Å². The van der Waals surface area contributed by atoms with E-state index >= 15 is 0 Å². The van der Waals surface area contributed by atoms with Crippen molar-refractivity contribution in [3.63, 3.8) is 0 Å². The van der Waals surface area contributed by atoms with E-state index in [0.29, 0.717) is 31.5 Å². The van der Waals surface area contributed by atoms with E-state index in [9.17, 15) is 35.9 Å². The highest BCUT2D eigenvalue weighted by atomic mass is 19.4. The molecule has 12 heteroatoms. The second-order valence-corrected chi connectivity index (χ2v) is 12.5. The Bertz CT molecular complexity index is 1350. The minimum Gasteiger partial charge on any atom is -0.335 e. The molecule has 3 aliphatic rings. The Morgan fingerprint density at radius 3 is 2.14 bits per heavy atom. The number of halogens is 6. The Hall–Kier alpha value is -3.28. The number of hydrogen-bond acceptors (Lipinski definition) is 3. The maximum Gasteiger partial charge on any atom is 0.416 e. The number of piperidine rings is 1. The summed E-state index contributed by atoms with van der Waals surface area (Å²) in [7, 11) is 2.03. The van der Waals surface area contributed by atoms with E-state index in [2.05, 4.69) is 4.90 Å². The Morgan fingerprint density at radius 2 is 1.57 bits per heavy atom. The minimum atomic E-state index is -4.99.